The van der Waals surface area contributed by atoms with Gasteiger partial charge in [0.05, 0.1) is 6.04 Å². The topological polar surface area (TPSA) is 12.0 Å². The van der Waals surface area contributed by atoms with E-state index in [1.807, 2.05) is 30.3 Å². The van der Waals surface area contributed by atoms with E-state index < -0.39 is 11.6 Å². The number of rotatable bonds is 3. The van der Waals surface area contributed by atoms with Crippen LogP contribution in [0.5, 0.6) is 0 Å². The van der Waals surface area contributed by atoms with Gasteiger partial charge >= 0.3 is 0 Å². The smallest absolute Gasteiger partial charge is 0.160 e. The Morgan fingerprint density at radius 3 is 2.52 bits per heavy atom. The van der Waals surface area contributed by atoms with E-state index in [9.17, 15) is 8.78 Å². The summed E-state index contributed by atoms with van der Waals surface area (Å²) < 4.78 is 27.9. The van der Waals surface area contributed by atoms with Crippen molar-refractivity contribution in [1.82, 2.24) is 5.32 Å². The standard InChI is InChI=1S/C16H12ClF2NS/c1-20-16(10-7-12(18)13(19)8-11(10)17)15-6-9-4-2-3-5-14(9)21-15/h2-8,16,20H,1H3. The number of thiophene rings is 1. The Morgan fingerprint density at radius 1 is 1.10 bits per heavy atom. The summed E-state index contributed by atoms with van der Waals surface area (Å²) in [5.41, 5.74) is 0.532. The van der Waals surface area contributed by atoms with Crippen molar-refractivity contribution in [2.45, 2.75) is 6.04 Å². The summed E-state index contributed by atoms with van der Waals surface area (Å²) in [6.45, 7) is 0. The molecule has 0 amide bonds. The lowest BCUT2D eigenvalue weighted by molar-refractivity contribution is 0.505. The molecule has 0 saturated carbocycles. The highest BCUT2D eigenvalue weighted by Gasteiger charge is 2.20. The van der Waals surface area contributed by atoms with Crippen LogP contribution in [0.4, 0.5) is 8.78 Å². The maximum absolute atomic E-state index is 13.5. The molecule has 2 aromatic carbocycles. The van der Waals surface area contributed by atoms with Gasteiger partial charge in [-0.1, -0.05) is 29.8 Å². The number of nitrogens with one attached hydrogen (secondary N) is 1. The monoisotopic (exact) mass is 323 g/mol. The Labute approximate surface area is 130 Å². The highest BCUT2D eigenvalue weighted by atomic mass is 35.5. The van der Waals surface area contributed by atoms with Gasteiger partial charge in [0.2, 0.25) is 0 Å². The lowest BCUT2D eigenvalue weighted by Crippen LogP contribution is -2.17. The minimum Gasteiger partial charge on any atom is -0.309 e. The SMILES string of the molecule is CNC(c1cc2ccccc2s1)c1cc(F)c(F)cc1Cl. The molecule has 1 atom stereocenters. The van der Waals surface area contributed by atoms with E-state index in [0.717, 1.165) is 27.1 Å². The maximum atomic E-state index is 13.5. The van der Waals surface area contributed by atoms with Crippen LogP contribution in [0.15, 0.2) is 42.5 Å². The van der Waals surface area contributed by atoms with E-state index in [0.29, 0.717) is 5.56 Å². The van der Waals surface area contributed by atoms with Crippen molar-refractivity contribution in [3.63, 3.8) is 0 Å². The summed E-state index contributed by atoms with van der Waals surface area (Å²) in [7, 11) is 1.77. The molecule has 1 N–H and O–H groups in total. The van der Waals surface area contributed by atoms with E-state index in [1.165, 1.54) is 0 Å². The van der Waals surface area contributed by atoms with Crippen molar-refractivity contribution in [3.8, 4) is 0 Å². The molecule has 0 bridgehead atoms. The highest BCUT2D eigenvalue weighted by Crippen LogP contribution is 2.36. The van der Waals surface area contributed by atoms with Crippen LogP contribution in [0.3, 0.4) is 0 Å². The van der Waals surface area contributed by atoms with Crippen LogP contribution in [-0.4, -0.2) is 7.05 Å². The highest BCUT2D eigenvalue weighted by molar-refractivity contribution is 7.19. The van der Waals surface area contributed by atoms with Crippen LogP contribution in [0, 0.1) is 11.6 Å². The van der Waals surface area contributed by atoms with E-state index in [2.05, 4.69) is 5.32 Å². The molecule has 0 aliphatic carbocycles. The van der Waals surface area contributed by atoms with Crippen LogP contribution in [-0.2, 0) is 0 Å². The lowest BCUT2D eigenvalue weighted by Gasteiger charge is -2.16. The van der Waals surface area contributed by atoms with E-state index in [1.54, 1.807) is 18.4 Å². The zero-order valence-electron chi connectivity index (χ0n) is 11.2. The quantitative estimate of drug-likeness (QED) is 0.658. The van der Waals surface area contributed by atoms with E-state index in [4.69, 9.17) is 11.6 Å². The average Bonchev–Trinajstić information content (AvgIpc) is 2.88. The second-order valence-electron chi connectivity index (χ2n) is 4.70. The molecule has 3 rings (SSSR count). The molecule has 1 heterocycles. The third-order valence-electron chi connectivity index (χ3n) is 3.37. The molecule has 5 heteroatoms. The second kappa shape index (κ2) is 5.72. The lowest BCUT2D eigenvalue weighted by atomic mass is 10.0. The fourth-order valence-electron chi connectivity index (χ4n) is 2.35. The Balaban J connectivity index is 2.11. The van der Waals surface area contributed by atoms with Gasteiger partial charge in [0.15, 0.2) is 11.6 Å². The summed E-state index contributed by atoms with van der Waals surface area (Å²) in [6, 6.07) is 11.9. The number of hydrogen-bond donors (Lipinski definition) is 1. The average molecular weight is 324 g/mol. The molecule has 0 spiro atoms. The van der Waals surface area contributed by atoms with Crippen LogP contribution < -0.4 is 5.32 Å². The third kappa shape index (κ3) is 2.67. The number of halogens is 3. The predicted octanol–water partition coefficient (Wildman–Crippen LogP) is 5.14. The molecule has 0 aliphatic rings. The zero-order chi connectivity index (χ0) is 15.0. The van der Waals surface area contributed by atoms with Gasteiger partial charge in [-0.15, -0.1) is 11.3 Å². The Hall–Kier alpha value is -1.49. The molecule has 0 aliphatic heterocycles. The Kier molecular flexibility index (Phi) is 3.93. The fourth-order valence-corrected chi connectivity index (χ4v) is 3.81. The van der Waals surface area contributed by atoms with E-state index >= 15 is 0 Å². The Bertz CT molecular complexity index is 767. The first-order valence-electron chi connectivity index (χ1n) is 6.40. The van der Waals surface area contributed by atoms with Crippen molar-refractivity contribution in [1.29, 1.82) is 0 Å². The maximum Gasteiger partial charge on any atom is 0.160 e. The summed E-state index contributed by atoms with van der Waals surface area (Å²) >= 11 is 7.69. The Morgan fingerprint density at radius 2 is 1.81 bits per heavy atom. The number of hydrogen-bond acceptors (Lipinski definition) is 2. The van der Waals surface area contributed by atoms with Crippen LogP contribution in [0.25, 0.3) is 10.1 Å². The van der Waals surface area contributed by atoms with Gasteiger partial charge < -0.3 is 5.32 Å². The van der Waals surface area contributed by atoms with Crippen LogP contribution >= 0.6 is 22.9 Å². The first kappa shape index (κ1) is 14.4. The molecular weight excluding hydrogens is 312 g/mol. The molecule has 1 aromatic heterocycles. The molecule has 0 radical (unpaired) electrons. The van der Waals surface area contributed by atoms with Gasteiger partial charge in [0.1, 0.15) is 0 Å². The third-order valence-corrected chi connectivity index (χ3v) is 4.88. The van der Waals surface area contributed by atoms with Crippen molar-refractivity contribution in [3.05, 3.63) is 69.6 Å². The first-order valence-corrected chi connectivity index (χ1v) is 7.60. The fraction of sp³-hybridized carbons (Fsp3) is 0.125. The van der Waals surface area contributed by atoms with E-state index in [-0.39, 0.29) is 11.1 Å². The van der Waals surface area contributed by atoms with Gasteiger partial charge in [-0.3, -0.25) is 0 Å². The molecule has 1 nitrogen and oxygen atoms in total. The molecule has 0 fully saturated rings. The number of fused-ring (bicyclic) bond motifs is 1. The van der Waals surface area contributed by atoms with Crippen LogP contribution in [0.2, 0.25) is 5.02 Å². The van der Waals surface area contributed by atoms with Crippen LogP contribution in [0.1, 0.15) is 16.5 Å². The summed E-state index contributed by atoms with van der Waals surface area (Å²) in [5.74, 6) is -1.83. The number of benzene rings is 2. The van der Waals surface area contributed by atoms with Crippen molar-refractivity contribution in [2.75, 3.05) is 7.05 Å². The second-order valence-corrected chi connectivity index (χ2v) is 6.22. The van der Waals surface area contributed by atoms with Gasteiger partial charge in [-0.05, 0) is 42.3 Å². The summed E-state index contributed by atoms with van der Waals surface area (Å²) in [6.07, 6.45) is 0. The largest absolute Gasteiger partial charge is 0.309 e. The molecule has 3 aromatic rings. The van der Waals surface area contributed by atoms with Gasteiger partial charge in [-0.25, -0.2) is 8.78 Å². The van der Waals surface area contributed by atoms with Crippen molar-refractivity contribution < 1.29 is 8.78 Å². The van der Waals surface area contributed by atoms with Gasteiger partial charge in [0.25, 0.3) is 0 Å². The van der Waals surface area contributed by atoms with Gasteiger partial charge in [0, 0.05) is 14.6 Å². The normalized spacial score (nSPS) is 12.8. The molecular formula is C16H12ClF2NS. The molecule has 21 heavy (non-hydrogen) atoms. The van der Waals surface area contributed by atoms with Crippen molar-refractivity contribution in [2.24, 2.45) is 0 Å². The minimum atomic E-state index is -0.935. The van der Waals surface area contributed by atoms with Gasteiger partial charge in [-0.2, -0.15) is 0 Å². The molecule has 1 unspecified atom stereocenters. The van der Waals surface area contributed by atoms with Crippen molar-refractivity contribution >= 4 is 33.0 Å². The molecule has 108 valence electrons. The minimum absolute atomic E-state index is 0.214. The summed E-state index contributed by atoms with van der Waals surface area (Å²) in [4.78, 5) is 1.01. The first-order chi connectivity index (χ1) is 10.1. The zero-order valence-corrected chi connectivity index (χ0v) is 12.7. The summed E-state index contributed by atoms with van der Waals surface area (Å²) in [5, 5.41) is 4.46. The molecule has 0 saturated heterocycles. The predicted molar refractivity (Wildman–Crippen MR) is 84.1 cm³/mol.